The smallest absolute Gasteiger partial charge is 0.313 e. The Kier molecular flexibility index (Phi) is 5.51. The molecule has 3 heteroatoms. The van der Waals surface area contributed by atoms with Crippen LogP contribution in [-0.2, 0) is 14.3 Å². The lowest BCUT2D eigenvalue weighted by molar-refractivity contribution is -0.208. The first-order chi connectivity index (χ1) is 13.4. The third-order valence-electron chi connectivity index (χ3n) is 8.28. The van der Waals surface area contributed by atoms with Crippen LogP contribution in [0.25, 0.3) is 0 Å². The van der Waals surface area contributed by atoms with E-state index in [0.29, 0.717) is 24.2 Å². The summed E-state index contributed by atoms with van der Waals surface area (Å²) >= 11 is 0. The fourth-order valence-corrected chi connectivity index (χ4v) is 5.81. The van der Waals surface area contributed by atoms with Crippen molar-refractivity contribution < 1.29 is 14.3 Å². The second kappa shape index (κ2) is 7.25. The molecule has 1 aromatic carbocycles. The maximum Gasteiger partial charge on any atom is 0.313 e. The minimum atomic E-state index is -0.542. The van der Waals surface area contributed by atoms with Crippen molar-refractivity contribution in [2.24, 2.45) is 34.5 Å². The zero-order valence-electron chi connectivity index (χ0n) is 19.4. The van der Waals surface area contributed by atoms with Gasteiger partial charge >= 0.3 is 5.97 Å². The molecule has 0 amide bonds. The summed E-state index contributed by atoms with van der Waals surface area (Å²) in [6.07, 6.45) is 1.29. The minimum absolute atomic E-state index is 0.163. The van der Waals surface area contributed by atoms with Gasteiger partial charge in [0.25, 0.3) is 0 Å². The van der Waals surface area contributed by atoms with Gasteiger partial charge in [-0.2, -0.15) is 0 Å². The van der Waals surface area contributed by atoms with E-state index < -0.39 is 16.4 Å². The number of ketones is 1. The molecule has 2 fully saturated rings. The van der Waals surface area contributed by atoms with Crippen LogP contribution < -0.4 is 0 Å². The molecule has 5 atom stereocenters. The number of carbonyl (C=O) groups is 2. The fourth-order valence-electron chi connectivity index (χ4n) is 5.81. The van der Waals surface area contributed by atoms with E-state index in [2.05, 4.69) is 65.8 Å². The number of rotatable bonds is 8. The molecule has 0 bridgehead atoms. The Hall–Kier alpha value is -1.64. The summed E-state index contributed by atoms with van der Waals surface area (Å²) < 4.78 is 5.34. The average molecular weight is 399 g/mol. The lowest BCUT2D eigenvalue weighted by Gasteiger charge is -2.48. The van der Waals surface area contributed by atoms with Gasteiger partial charge in [-0.05, 0) is 55.9 Å². The van der Waals surface area contributed by atoms with Crippen LogP contribution in [0.3, 0.4) is 0 Å². The van der Waals surface area contributed by atoms with E-state index in [1.807, 2.05) is 19.9 Å². The topological polar surface area (TPSA) is 43.4 Å². The van der Waals surface area contributed by atoms with Gasteiger partial charge in [0.15, 0.2) is 0 Å². The summed E-state index contributed by atoms with van der Waals surface area (Å²) in [6, 6.07) is 10.5. The molecule has 0 aromatic heterocycles. The molecule has 0 spiro atoms. The number of hydrogen-bond acceptors (Lipinski definition) is 3. The molecule has 0 N–H and O–H groups in total. The molecule has 3 rings (SSSR count). The molecule has 2 aliphatic rings. The maximum absolute atomic E-state index is 14.1. The van der Waals surface area contributed by atoms with Crippen molar-refractivity contribution in [3.05, 3.63) is 35.9 Å². The van der Waals surface area contributed by atoms with Gasteiger partial charge in [0.1, 0.15) is 11.4 Å². The summed E-state index contributed by atoms with van der Waals surface area (Å²) in [5.74, 6) is 1.87. The number of esters is 1. The first-order valence-electron chi connectivity index (χ1n) is 11.2. The van der Waals surface area contributed by atoms with Crippen molar-refractivity contribution in [1.82, 2.24) is 0 Å². The van der Waals surface area contributed by atoms with E-state index >= 15 is 0 Å². The van der Waals surface area contributed by atoms with E-state index in [1.165, 1.54) is 5.56 Å². The van der Waals surface area contributed by atoms with Gasteiger partial charge in [0.2, 0.25) is 0 Å². The lowest BCUT2D eigenvalue weighted by atomic mass is 9.59. The lowest BCUT2D eigenvalue weighted by Crippen LogP contribution is -2.56. The molecule has 1 aromatic rings. The summed E-state index contributed by atoms with van der Waals surface area (Å²) in [5.41, 5.74) is -0.266. The molecule has 1 heterocycles. The first-order valence-corrected chi connectivity index (χ1v) is 11.2. The number of cyclic esters (lactones) is 1. The number of ether oxygens (including phenoxy) is 1. The zero-order chi connectivity index (χ0) is 21.8. The van der Waals surface area contributed by atoms with Crippen LogP contribution in [0.5, 0.6) is 0 Å². The van der Waals surface area contributed by atoms with Crippen LogP contribution >= 0.6 is 0 Å². The molecule has 160 valence electrons. The van der Waals surface area contributed by atoms with Crippen LogP contribution in [0.2, 0.25) is 0 Å². The Morgan fingerprint density at radius 2 is 1.66 bits per heavy atom. The SMILES string of the molecule is CCC(C)(CC1C(=O)OC1(C)C)C(=O)C(C)(C)C(c1ccccc1)C1C(C)C1C. The highest BCUT2D eigenvalue weighted by atomic mass is 16.6. The second-order valence-electron chi connectivity index (χ2n) is 10.9. The number of hydrogen-bond donors (Lipinski definition) is 0. The van der Waals surface area contributed by atoms with Gasteiger partial charge in [-0.3, -0.25) is 9.59 Å². The molecule has 3 nitrogen and oxygen atoms in total. The van der Waals surface area contributed by atoms with Crippen LogP contribution in [0.1, 0.15) is 79.7 Å². The number of carbonyl (C=O) groups excluding carboxylic acids is 2. The van der Waals surface area contributed by atoms with Crippen molar-refractivity contribution in [2.75, 3.05) is 0 Å². The van der Waals surface area contributed by atoms with Crippen LogP contribution in [0.15, 0.2) is 30.3 Å². The van der Waals surface area contributed by atoms with Crippen LogP contribution in [0.4, 0.5) is 0 Å². The molecule has 1 saturated carbocycles. The van der Waals surface area contributed by atoms with E-state index in [9.17, 15) is 9.59 Å². The quantitative estimate of drug-likeness (QED) is 0.502. The number of Topliss-reactive ketones (excluding diaryl/α,β-unsaturated/α-hetero) is 1. The molecule has 29 heavy (non-hydrogen) atoms. The Morgan fingerprint density at radius 3 is 2.07 bits per heavy atom. The Labute approximate surface area is 176 Å². The van der Waals surface area contributed by atoms with Gasteiger partial charge in [-0.25, -0.2) is 0 Å². The van der Waals surface area contributed by atoms with E-state index in [0.717, 1.165) is 6.42 Å². The van der Waals surface area contributed by atoms with E-state index in [-0.39, 0.29) is 23.6 Å². The predicted molar refractivity (Wildman–Crippen MR) is 116 cm³/mol. The maximum atomic E-state index is 14.1. The van der Waals surface area contributed by atoms with Crippen LogP contribution in [-0.4, -0.2) is 17.4 Å². The predicted octanol–water partition coefficient (Wildman–Crippen LogP) is 6.03. The molecule has 5 unspecified atom stereocenters. The highest BCUT2D eigenvalue weighted by Crippen LogP contribution is 2.61. The van der Waals surface area contributed by atoms with Crippen molar-refractivity contribution in [3.8, 4) is 0 Å². The monoisotopic (exact) mass is 398 g/mol. The Balaban J connectivity index is 1.94. The molecule has 1 saturated heterocycles. The van der Waals surface area contributed by atoms with E-state index in [1.54, 1.807) is 0 Å². The Bertz CT molecular complexity index is 770. The molecular formula is C26H38O3. The standard InChI is InChI=1S/C26H38O3/c1-9-26(8,15-19-22(27)29-25(19,6)7)23(28)24(4,5)21(20-16(2)17(20)3)18-13-11-10-12-14-18/h10-14,16-17,19-21H,9,15H2,1-8H3. The van der Waals surface area contributed by atoms with Gasteiger partial charge in [0.05, 0.1) is 5.92 Å². The first kappa shape index (κ1) is 22.1. The van der Waals surface area contributed by atoms with Crippen molar-refractivity contribution in [1.29, 1.82) is 0 Å². The minimum Gasteiger partial charge on any atom is -0.458 e. The van der Waals surface area contributed by atoms with Crippen LogP contribution in [0, 0.1) is 34.5 Å². The van der Waals surface area contributed by atoms with Crippen molar-refractivity contribution in [2.45, 2.75) is 79.8 Å². The molecule has 0 radical (unpaired) electrons. The highest BCUT2D eigenvalue weighted by Gasteiger charge is 2.59. The average Bonchev–Trinajstić information content (AvgIpc) is 3.25. The van der Waals surface area contributed by atoms with Gasteiger partial charge in [0, 0.05) is 10.8 Å². The molecular weight excluding hydrogens is 360 g/mol. The second-order valence-corrected chi connectivity index (χ2v) is 10.9. The molecule has 1 aliphatic carbocycles. The summed E-state index contributed by atoms with van der Waals surface area (Å²) in [5, 5.41) is 0. The third-order valence-corrected chi connectivity index (χ3v) is 8.28. The fraction of sp³-hybridized carbons (Fsp3) is 0.692. The zero-order valence-corrected chi connectivity index (χ0v) is 19.4. The summed E-state index contributed by atoms with van der Waals surface area (Å²) in [4.78, 5) is 26.3. The molecule has 1 aliphatic heterocycles. The summed E-state index contributed by atoms with van der Waals surface area (Å²) in [6.45, 7) is 16.9. The normalized spacial score (nSPS) is 31.2. The van der Waals surface area contributed by atoms with Gasteiger partial charge in [-0.15, -0.1) is 0 Å². The summed E-state index contributed by atoms with van der Waals surface area (Å²) in [7, 11) is 0. The third kappa shape index (κ3) is 3.66. The van der Waals surface area contributed by atoms with Crippen molar-refractivity contribution in [3.63, 3.8) is 0 Å². The largest absolute Gasteiger partial charge is 0.458 e. The van der Waals surface area contributed by atoms with Gasteiger partial charge in [-0.1, -0.05) is 71.9 Å². The Morgan fingerprint density at radius 1 is 1.10 bits per heavy atom. The van der Waals surface area contributed by atoms with E-state index in [4.69, 9.17) is 4.74 Å². The highest BCUT2D eigenvalue weighted by molar-refractivity contribution is 5.91. The van der Waals surface area contributed by atoms with Crippen molar-refractivity contribution >= 4 is 11.8 Å². The van der Waals surface area contributed by atoms with Gasteiger partial charge < -0.3 is 4.74 Å². The number of benzene rings is 1.